The van der Waals surface area contributed by atoms with Crippen molar-refractivity contribution < 1.29 is 24.3 Å². The van der Waals surface area contributed by atoms with Crippen LogP contribution in [-0.2, 0) is 19.2 Å². The van der Waals surface area contributed by atoms with E-state index >= 15 is 0 Å². The largest absolute Gasteiger partial charge is 0.480 e. The molecule has 0 aromatic rings. The summed E-state index contributed by atoms with van der Waals surface area (Å²) in [7, 11) is 0. The molecule has 0 radical (unpaired) electrons. The molecule has 6 N–H and O–H groups in total. The average molecular weight is 429 g/mol. The number of hydrogen-bond donors (Lipinski definition) is 5. The quantitative estimate of drug-likeness (QED) is 0.295. The number of nitrogens with one attached hydrogen (secondary N) is 3. The fraction of sp³-hybridized carbons (Fsp3) is 0.810. The van der Waals surface area contributed by atoms with Crippen molar-refractivity contribution in [2.75, 3.05) is 0 Å². The fourth-order valence-electron chi connectivity index (χ4n) is 2.91. The van der Waals surface area contributed by atoms with Gasteiger partial charge in [0.05, 0.1) is 6.04 Å². The molecular weight excluding hydrogens is 388 g/mol. The number of aliphatic carboxylic acids is 1. The minimum Gasteiger partial charge on any atom is -0.480 e. The normalized spacial score (nSPS) is 17.2. The molecule has 0 spiro atoms. The second-order valence-corrected chi connectivity index (χ2v) is 8.55. The Kier molecular flexibility index (Phi) is 12.3. The summed E-state index contributed by atoms with van der Waals surface area (Å²) in [6.07, 6.45) is 1.70. The van der Waals surface area contributed by atoms with Gasteiger partial charge >= 0.3 is 5.97 Å². The van der Waals surface area contributed by atoms with E-state index in [1.807, 2.05) is 34.6 Å². The molecule has 6 unspecified atom stereocenters. The van der Waals surface area contributed by atoms with Crippen LogP contribution < -0.4 is 21.7 Å². The highest BCUT2D eigenvalue weighted by atomic mass is 16.4. The zero-order chi connectivity index (χ0) is 23.6. The van der Waals surface area contributed by atoms with Crippen molar-refractivity contribution in [1.82, 2.24) is 16.0 Å². The number of rotatable bonds is 13. The molecule has 0 heterocycles. The van der Waals surface area contributed by atoms with E-state index in [2.05, 4.69) is 16.0 Å². The van der Waals surface area contributed by atoms with E-state index in [9.17, 15) is 24.3 Å². The Morgan fingerprint density at radius 2 is 1.23 bits per heavy atom. The Morgan fingerprint density at radius 3 is 1.67 bits per heavy atom. The van der Waals surface area contributed by atoms with E-state index < -0.39 is 47.9 Å². The van der Waals surface area contributed by atoms with Crippen molar-refractivity contribution in [3.8, 4) is 0 Å². The van der Waals surface area contributed by atoms with Gasteiger partial charge in [-0.2, -0.15) is 0 Å². The van der Waals surface area contributed by atoms with Crippen LogP contribution in [0.1, 0.15) is 67.7 Å². The second-order valence-electron chi connectivity index (χ2n) is 8.55. The lowest BCUT2D eigenvalue weighted by molar-refractivity contribution is -0.143. The first kappa shape index (κ1) is 27.8. The van der Waals surface area contributed by atoms with Gasteiger partial charge in [-0.25, -0.2) is 4.79 Å². The molecule has 0 aliphatic heterocycles. The molecule has 0 fully saturated rings. The van der Waals surface area contributed by atoms with Crippen molar-refractivity contribution in [2.24, 2.45) is 23.5 Å². The van der Waals surface area contributed by atoms with E-state index in [1.165, 1.54) is 6.92 Å². The van der Waals surface area contributed by atoms with E-state index in [1.54, 1.807) is 6.92 Å². The highest BCUT2D eigenvalue weighted by Gasteiger charge is 2.32. The molecule has 0 rings (SSSR count). The lowest BCUT2D eigenvalue weighted by Crippen LogP contribution is -2.58. The molecule has 0 aromatic heterocycles. The molecule has 0 bridgehead atoms. The lowest BCUT2D eigenvalue weighted by Gasteiger charge is -2.27. The van der Waals surface area contributed by atoms with Crippen LogP contribution in [0, 0.1) is 17.8 Å². The molecule has 0 aromatic carbocycles. The number of carbonyl (C=O) groups excluding carboxylic acids is 3. The van der Waals surface area contributed by atoms with Crippen molar-refractivity contribution >= 4 is 23.7 Å². The van der Waals surface area contributed by atoms with Gasteiger partial charge in [-0.1, -0.05) is 54.4 Å². The van der Waals surface area contributed by atoms with Gasteiger partial charge in [0.1, 0.15) is 18.1 Å². The van der Waals surface area contributed by atoms with E-state index in [-0.39, 0.29) is 17.8 Å². The summed E-state index contributed by atoms with van der Waals surface area (Å²) >= 11 is 0. The lowest BCUT2D eigenvalue weighted by atomic mass is 9.96. The highest BCUT2D eigenvalue weighted by molar-refractivity contribution is 5.94. The van der Waals surface area contributed by atoms with Crippen molar-refractivity contribution in [1.29, 1.82) is 0 Å². The standard InChI is InChI=1S/C21H40N4O5/c1-8-12(5)16(24-19(27)15(22)10-11(3)4)20(28)23-14(7)18(26)25-17(21(29)30)13(6)9-2/h11-17H,8-10,22H2,1-7H3,(H,23,28)(H,24,27)(H,25,26)(H,29,30). The van der Waals surface area contributed by atoms with Crippen LogP contribution in [0.5, 0.6) is 0 Å². The van der Waals surface area contributed by atoms with Gasteiger partial charge in [-0.3, -0.25) is 14.4 Å². The third-order valence-electron chi connectivity index (χ3n) is 5.38. The maximum absolute atomic E-state index is 12.8. The maximum atomic E-state index is 12.8. The molecule has 0 aliphatic carbocycles. The summed E-state index contributed by atoms with van der Waals surface area (Å²) in [5.41, 5.74) is 5.92. The molecule has 9 heteroatoms. The number of carbonyl (C=O) groups is 4. The summed E-state index contributed by atoms with van der Waals surface area (Å²) in [4.78, 5) is 49.0. The summed E-state index contributed by atoms with van der Waals surface area (Å²) in [6, 6.07) is -3.57. The highest BCUT2D eigenvalue weighted by Crippen LogP contribution is 2.11. The van der Waals surface area contributed by atoms with E-state index in [0.29, 0.717) is 19.3 Å². The van der Waals surface area contributed by atoms with Gasteiger partial charge in [0.15, 0.2) is 0 Å². The minimum absolute atomic E-state index is 0.178. The molecular formula is C21H40N4O5. The second kappa shape index (κ2) is 13.2. The Bertz CT molecular complexity index is 596. The van der Waals surface area contributed by atoms with Gasteiger partial charge in [0.25, 0.3) is 0 Å². The first-order chi connectivity index (χ1) is 13.8. The zero-order valence-electron chi connectivity index (χ0n) is 19.3. The van der Waals surface area contributed by atoms with Gasteiger partial charge in [-0.05, 0) is 31.1 Å². The number of amides is 3. The topological polar surface area (TPSA) is 151 Å². The molecule has 0 aliphatic rings. The van der Waals surface area contributed by atoms with Crippen molar-refractivity contribution in [2.45, 2.75) is 91.9 Å². The molecule has 174 valence electrons. The molecule has 30 heavy (non-hydrogen) atoms. The Morgan fingerprint density at radius 1 is 0.767 bits per heavy atom. The summed E-state index contributed by atoms with van der Waals surface area (Å²) in [6.45, 7) is 12.7. The predicted molar refractivity (Wildman–Crippen MR) is 115 cm³/mol. The fourth-order valence-corrected chi connectivity index (χ4v) is 2.91. The monoisotopic (exact) mass is 428 g/mol. The van der Waals surface area contributed by atoms with E-state index in [4.69, 9.17) is 5.73 Å². The Balaban J connectivity index is 5.15. The summed E-state index contributed by atoms with van der Waals surface area (Å²) in [5, 5.41) is 17.1. The van der Waals surface area contributed by atoms with Gasteiger partial charge in [0.2, 0.25) is 17.7 Å². The number of hydrogen-bond acceptors (Lipinski definition) is 5. The molecule has 0 saturated heterocycles. The average Bonchev–Trinajstić information content (AvgIpc) is 2.67. The maximum Gasteiger partial charge on any atom is 0.326 e. The van der Waals surface area contributed by atoms with E-state index in [0.717, 1.165) is 0 Å². The van der Waals surface area contributed by atoms with Crippen LogP contribution in [-0.4, -0.2) is 53.0 Å². The van der Waals surface area contributed by atoms with Gasteiger partial charge in [-0.15, -0.1) is 0 Å². The summed E-state index contributed by atoms with van der Waals surface area (Å²) in [5.74, 6) is -2.84. The van der Waals surface area contributed by atoms with Crippen molar-refractivity contribution in [3.63, 3.8) is 0 Å². The SMILES string of the molecule is CCC(C)C(NC(=O)C(C)NC(=O)C(NC(=O)C(N)CC(C)C)C(C)CC)C(=O)O. The number of carboxylic acid groups (broad SMARTS) is 1. The van der Waals surface area contributed by atoms with Crippen LogP contribution >= 0.6 is 0 Å². The molecule has 6 atom stereocenters. The van der Waals surface area contributed by atoms with Gasteiger partial charge in [0, 0.05) is 0 Å². The third kappa shape index (κ3) is 9.11. The molecule has 9 nitrogen and oxygen atoms in total. The smallest absolute Gasteiger partial charge is 0.326 e. The minimum atomic E-state index is -1.12. The third-order valence-corrected chi connectivity index (χ3v) is 5.38. The molecule has 0 saturated carbocycles. The Hall–Kier alpha value is -2.16. The molecule has 3 amide bonds. The van der Waals surface area contributed by atoms with Crippen LogP contribution in [0.4, 0.5) is 0 Å². The first-order valence-electron chi connectivity index (χ1n) is 10.7. The van der Waals surface area contributed by atoms with Crippen molar-refractivity contribution in [3.05, 3.63) is 0 Å². The predicted octanol–water partition coefficient (Wildman–Crippen LogP) is 1.01. The number of carboxylic acids is 1. The van der Waals surface area contributed by atoms with Gasteiger partial charge < -0.3 is 26.8 Å². The first-order valence-corrected chi connectivity index (χ1v) is 10.7. The van der Waals surface area contributed by atoms with Crippen LogP contribution in [0.15, 0.2) is 0 Å². The van der Waals surface area contributed by atoms with Crippen LogP contribution in [0.2, 0.25) is 0 Å². The summed E-state index contributed by atoms with van der Waals surface area (Å²) < 4.78 is 0. The zero-order valence-corrected chi connectivity index (χ0v) is 19.3. The van der Waals surface area contributed by atoms with Crippen LogP contribution in [0.3, 0.4) is 0 Å². The van der Waals surface area contributed by atoms with Crippen LogP contribution in [0.25, 0.3) is 0 Å². The Labute approximate surface area is 179 Å². The number of nitrogens with two attached hydrogens (primary N) is 1.